The van der Waals surface area contributed by atoms with Crippen LogP contribution in [-0.4, -0.2) is 27.9 Å². The molecule has 0 radical (unpaired) electrons. The summed E-state index contributed by atoms with van der Waals surface area (Å²) in [6.07, 6.45) is 0. The number of carbonyl (C=O) groups excluding carboxylic acids is 1. The van der Waals surface area contributed by atoms with E-state index in [1.165, 1.54) is 5.56 Å². The van der Waals surface area contributed by atoms with Gasteiger partial charge in [0.2, 0.25) is 0 Å². The minimum Gasteiger partial charge on any atom is -0.497 e. The van der Waals surface area contributed by atoms with Crippen LogP contribution < -0.4 is 15.4 Å². The van der Waals surface area contributed by atoms with Crippen molar-refractivity contribution in [3.8, 4) is 11.4 Å². The van der Waals surface area contributed by atoms with Crippen LogP contribution in [0.3, 0.4) is 0 Å². The Morgan fingerprint density at radius 1 is 1.00 bits per heavy atom. The summed E-state index contributed by atoms with van der Waals surface area (Å²) in [5, 5.41) is 15.6. The van der Waals surface area contributed by atoms with Crippen molar-refractivity contribution in [1.29, 1.82) is 0 Å². The largest absolute Gasteiger partial charge is 0.497 e. The fraction of sp³-hybridized carbons (Fsp3) is 0.222. The van der Waals surface area contributed by atoms with E-state index in [1.807, 2.05) is 72.2 Å². The zero-order valence-electron chi connectivity index (χ0n) is 20.1. The molecule has 35 heavy (non-hydrogen) atoms. The van der Waals surface area contributed by atoms with Gasteiger partial charge in [0.15, 0.2) is 11.0 Å². The van der Waals surface area contributed by atoms with E-state index in [0.29, 0.717) is 18.1 Å². The number of nitrogens with zero attached hydrogens (tertiary/aromatic N) is 3. The van der Waals surface area contributed by atoms with Gasteiger partial charge in [-0.25, -0.2) is 4.79 Å². The summed E-state index contributed by atoms with van der Waals surface area (Å²) in [7, 11) is 1.66. The molecule has 4 aromatic rings. The number of benzene rings is 3. The first-order valence-electron chi connectivity index (χ1n) is 11.4. The van der Waals surface area contributed by atoms with Crippen LogP contribution >= 0.6 is 11.8 Å². The molecule has 1 aromatic heterocycles. The third kappa shape index (κ3) is 6.42. The number of aryl methyl sites for hydroxylation is 1. The van der Waals surface area contributed by atoms with Gasteiger partial charge in [0.1, 0.15) is 5.75 Å². The summed E-state index contributed by atoms with van der Waals surface area (Å²) in [6, 6.07) is 25.4. The molecule has 3 aromatic carbocycles. The van der Waals surface area contributed by atoms with Crippen molar-refractivity contribution in [3.63, 3.8) is 0 Å². The normalized spacial score (nSPS) is 11.6. The van der Waals surface area contributed by atoms with Gasteiger partial charge in [0.25, 0.3) is 0 Å². The predicted octanol–water partition coefficient (Wildman–Crippen LogP) is 5.44. The minimum atomic E-state index is -0.356. The monoisotopic (exact) mass is 487 g/mol. The highest BCUT2D eigenvalue weighted by atomic mass is 32.2. The minimum absolute atomic E-state index is 0.259. The maximum Gasteiger partial charge on any atom is 0.315 e. The zero-order valence-corrected chi connectivity index (χ0v) is 20.9. The van der Waals surface area contributed by atoms with Crippen molar-refractivity contribution in [1.82, 2.24) is 25.4 Å². The number of hydrogen-bond donors (Lipinski definition) is 2. The Labute approximate surface area is 209 Å². The van der Waals surface area contributed by atoms with Crippen LogP contribution in [0.15, 0.2) is 84.0 Å². The molecule has 7 nitrogen and oxygen atoms in total. The zero-order chi connectivity index (χ0) is 24.6. The van der Waals surface area contributed by atoms with E-state index in [-0.39, 0.29) is 12.1 Å². The van der Waals surface area contributed by atoms with Gasteiger partial charge < -0.3 is 15.4 Å². The van der Waals surface area contributed by atoms with Crippen LogP contribution in [0.4, 0.5) is 4.79 Å². The number of thioether (sulfide) groups is 1. The van der Waals surface area contributed by atoms with Gasteiger partial charge in [-0.15, -0.1) is 10.2 Å². The SMILES string of the molecule is COc1cccc(CSc2nnc(C(C)NC(=O)NCc3ccccc3)n2-c2ccc(C)cc2)c1. The average Bonchev–Trinajstić information content (AvgIpc) is 3.31. The van der Waals surface area contributed by atoms with Crippen LogP contribution in [0.5, 0.6) is 5.75 Å². The van der Waals surface area contributed by atoms with Crippen molar-refractivity contribution >= 4 is 17.8 Å². The lowest BCUT2D eigenvalue weighted by atomic mass is 10.2. The Kier molecular flexibility index (Phi) is 8.05. The molecule has 0 fully saturated rings. The lowest BCUT2D eigenvalue weighted by molar-refractivity contribution is 0.237. The second kappa shape index (κ2) is 11.6. The molecule has 0 saturated carbocycles. The van der Waals surface area contributed by atoms with Gasteiger partial charge in [0.05, 0.1) is 13.2 Å². The molecule has 1 heterocycles. The third-order valence-corrected chi connectivity index (χ3v) is 6.48. The summed E-state index contributed by atoms with van der Waals surface area (Å²) in [4.78, 5) is 12.6. The van der Waals surface area contributed by atoms with Crippen molar-refractivity contribution in [2.75, 3.05) is 7.11 Å². The Morgan fingerprint density at radius 2 is 1.74 bits per heavy atom. The summed E-state index contributed by atoms with van der Waals surface area (Å²) in [5.41, 5.74) is 4.28. The molecule has 180 valence electrons. The van der Waals surface area contributed by atoms with Gasteiger partial charge in [-0.3, -0.25) is 4.57 Å². The highest BCUT2D eigenvalue weighted by Crippen LogP contribution is 2.28. The second-order valence-corrected chi connectivity index (χ2v) is 9.13. The Hall–Kier alpha value is -3.78. The van der Waals surface area contributed by atoms with Gasteiger partial charge >= 0.3 is 6.03 Å². The molecule has 2 N–H and O–H groups in total. The molecule has 0 aliphatic rings. The Balaban J connectivity index is 1.52. The van der Waals surface area contributed by atoms with E-state index < -0.39 is 0 Å². The number of rotatable bonds is 9. The maximum atomic E-state index is 12.6. The number of methoxy groups -OCH3 is 1. The number of carbonyl (C=O) groups is 1. The number of aromatic nitrogens is 3. The maximum absolute atomic E-state index is 12.6. The molecule has 0 bridgehead atoms. The van der Waals surface area contributed by atoms with E-state index >= 15 is 0 Å². The standard InChI is InChI=1S/C27H29N5O2S/c1-19-12-14-23(15-13-19)32-25(20(2)29-26(33)28-17-21-8-5-4-6-9-21)30-31-27(32)35-18-22-10-7-11-24(16-22)34-3/h4-16,20H,17-18H2,1-3H3,(H2,28,29,33). The number of nitrogens with one attached hydrogen (secondary N) is 2. The molecular weight excluding hydrogens is 458 g/mol. The third-order valence-electron chi connectivity index (χ3n) is 5.48. The van der Waals surface area contributed by atoms with E-state index in [0.717, 1.165) is 27.7 Å². The first-order valence-corrected chi connectivity index (χ1v) is 12.4. The summed E-state index contributed by atoms with van der Waals surface area (Å²) < 4.78 is 7.35. The lowest BCUT2D eigenvalue weighted by Crippen LogP contribution is -2.37. The molecule has 0 spiro atoms. The highest BCUT2D eigenvalue weighted by Gasteiger charge is 2.21. The van der Waals surface area contributed by atoms with Crippen LogP contribution in [0, 0.1) is 6.92 Å². The summed E-state index contributed by atoms with van der Waals surface area (Å²) >= 11 is 1.59. The van der Waals surface area contributed by atoms with Crippen LogP contribution in [0.1, 0.15) is 35.5 Å². The van der Waals surface area contributed by atoms with Crippen LogP contribution in [-0.2, 0) is 12.3 Å². The number of amides is 2. The number of hydrogen-bond acceptors (Lipinski definition) is 5. The fourth-order valence-corrected chi connectivity index (χ4v) is 4.49. The van der Waals surface area contributed by atoms with Crippen molar-refractivity contribution in [2.45, 2.75) is 37.3 Å². The first kappa shape index (κ1) is 24.3. The molecule has 2 amide bonds. The van der Waals surface area contributed by atoms with Crippen molar-refractivity contribution in [2.24, 2.45) is 0 Å². The second-order valence-electron chi connectivity index (χ2n) is 8.19. The van der Waals surface area contributed by atoms with Crippen LogP contribution in [0.25, 0.3) is 5.69 Å². The lowest BCUT2D eigenvalue weighted by Gasteiger charge is -2.17. The Morgan fingerprint density at radius 3 is 2.49 bits per heavy atom. The summed E-state index contributed by atoms with van der Waals surface area (Å²) in [5.74, 6) is 2.19. The van der Waals surface area contributed by atoms with Crippen molar-refractivity contribution in [3.05, 3.63) is 101 Å². The topological polar surface area (TPSA) is 81.1 Å². The highest BCUT2D eigenvalue weighted by molar-refractivity contribution is 7.98. The Bertz CT molecular complexity index is 1260. The van der Waals surface area contributed by atoms with E-state index in [9.17, 15) is 4.79 Å². The molecule has 0 saturated heterocycles. The number of urea groups is 1. The van der Waals surface area contributed by atoms with Crippen molar-refractivity contribution < 1.29 is 9.53 Å². The average molecular weight is 488 g/mol. The molecule has 8 heteroatoms. The number of ether oxygens (including phenoxy) is 1. The molecular formula is C27H29N5O2S. The van der Waals surface area contributed by atoms with Gasteiger partial charge in [-0.2, -0.15) is 0 Å². The van der Waals surface area contributed by atoms with Gasteiger partial charge in [-0.05, 0) is 49.2 Å². The van der Waals surface area contributed by atoms with Crippen LogP contribution in [0.2, 0.25) is 0 Å². The molecule has 1 unspecified atom stereocenters. The van der Waals surface area contributed by atoms with Gasteiger partial charge in [-0.1, -0.05) is 71.9 Å². The predicted molar refractivity (Wildman–Crippen MR) is 139 cm³/mol. The summed E-state index contributed by atoms with van der Waals surface area (Å²) in [6.45, 7) is 4.41. The van der Waals surface area contributed by atoms with E-state index in [4.69, 9.17) is 4.74 Å². The molecule has 0 aliphatic carbocycles. The van der Waals surface area contributed by atoms with Gasteiger partial charge in [0, 0.05) is 18.0 Å². The smallest absolute Gasteiger partial charge is 0.315 e. The van der Waals surface area contributed by atoms with E-state index in [1.54, 1.807) is 18.9 Å². The fourth-order valence-electron chi connectivity index (χ4n) is 3.59. The molecule has 1 atom stereocenters. The first-order chi connectivity index (χ1) is 17.0. The molecule has 0 aliphatic heterocycles. The quantitative estimate of drug-likeness (QED) is 0.308. The van der Waals surface area contributed by atoms with E-state index in [2.05, 4.69) is 46.0 Å². The molecule has 4 rings (SSSR count).